The normalized spacial score (nSPS) is 15.9. The fourth-order valence-corrected chi connectivity index (χ4v) is 1.86. The molecular formula is C13H18N2O4. The summed E-state index contributed by atoms with van der Waals surface area (Å²) in [6, 6.07) is 2.45. The molecule has 1 aromatic heterocycles. The number of nitrogens with zero attached hydrogens (tertiary/aromatic N) is 1. The molecule has 1 aliphatic carbocycles. The van der Waals surface area contributed by atoms with Gasteiger partial charge in [0.25, 0.3) is 5.91 Å². The van der Waals surface area contributed by atoms with Crippen molar-refractivity contribution in [3.8, 4) is 0 Å². The van der Waals surface area contributed by atoms with Gasteiger partial charge in [-0.05, 0) is 31.9 Å². The van der Waals surface area contributed by atoms with Crippen LogP contribution in [-0.4, -0.2) is 35.5 Å². The van der Waals surface area contributed by atoms with Crippen LogP contribution >= 0.6 is 0 Å². The molecular weight excluding hydrogens is 248 g/mol. The van der Waals surface area contributed by atoms with E-state index < -0.39 is 17.9 Å². The van der Waals surface area contributed by atoms with Crippen molar-refractivity contribution in [2.45, 2.75) is 38.4 Å². The summed E-state index contributed by atoms with van der Waals surface area (Å²) in [5.41, 5.74) is 5.65. The predicted octanol–water partition coefficient (Wildman–Crippen LogP) is 0.661. The van der Waals surface area contributed by atoms with E-state index in [1.54, 1.807) is 30.2 Å². The summed E-state index contributed by atoms with van der Waals surface area (Å²) in [7, 11) is 0. The van der Waals surface area contributed by atoms with E-state index in [4.69, 9.17) is 14.9 Å². The van der Waals surface area contributed by atoms with Gasteiger partial charge in [-0.25, -0.2) is 4.79 Å². The van der Waals surface area contributed by atoms with E-state index in [-0.39, 0.29) is 12.6 Å². The number of carbonyl (C=O) groups is 2. The van der Waals surface area contributed by atoms with Gasteiger partial charge in [0.05, 0.1) is 19.4 Å². The van der Waals surface area contributed by atoms with Gasteiger partial charge >= 0.3 is 5.97 Å². The van der Waals surface area contributed by atoms with Crippen LogP contribution in [0.3, 0.4) is 0 Å². The number of rotatable bonds is 6. The zero-order valence-corrected chi connectivity index (χ0v) is 10.9. The molecule has 2 rings (SSSR count). The van der Waals surface area contributed by atoms with Crippen molar-refractivity contribution in [1.82, 2.24) is 4.90 Å². The lowest BCUT2D eigenvalue weighted by Crippen LogP contribution is -2.49. The molecule has 1 aromatic rings. The molecule has 2 N–H and O–H groups in total. The fraction of sp³-hybridized carbons (Fsp3) is 0.538. The minimum atomic E-state index is -1.25. The SMILES string of the molecule is CCOC(=O)C(N)C(=O)N(Cc1ccco1)C1CC1. The minimum absolute atomic E-state index is 0.151. The average Bonchev–Trinajstić information content (AvgIpc) is 3.11. The third kappa shape index (κ3) is 3.35. The van der Waals surface area contributed by atoms with E-state index in [1.807, 2.05) is 0 Å². The largest absolute Gasteiger partial charge is 0.467 e. The molecule has 104 valence electrons. The van der Waals surface area contributed by atoms with Crippen LogP contribution in [0.25, 0.3) is 0 Å². The Morgan fingerprint density at radius 3 is 2.84 bits per heavy atom. The third-order valence-electron chi connectivity index (χ3n) is 2.98. The van der Waals surface area contributed by atoms with Crippen molar-refractivity contribution in [1.29, 1.82) is 0 Å². The van der Waals surface area contributed by atoms with Gasteiger partial charge in [0.2, 0.25) is 0 Å². The average molecular weight is 266 g/mol. The summed E-state index contributed by atoms with van der Waals surface area (Å²) in [6.07, 6.45) is 3.42. The summed E-state index contributed by atoms with van der Waals surface area (Å²) >= 11 is 0. The van der Waals surface area contributed by atoms with Crippen LogP contribution in [0.2, 0.25) is 0 Å². The van der Waals surface area contributed by atoms with Crippen LogP contribution in [0.5, 0.6) is 0 Å². The van der Waals surface area contributed by atoms with E-state index >= 15 is 0 Å². The number of hydrogen-bond acceptors (Lipinski definition) is 5. The van der Waals surface area contributed by atoms with Gasteiger partial charge in [0.1, 0.15) is 5.76 Å². The molecule has 0 spiro atoms. The molecule has 6 heteroatoms. The standard InChI is InChI=1S/C13H18N2O4/c1-2-18-13(17)11(14)12(16)15(9-5-6-9)8-10-4-3-7-19-10/h3-4,7,9,11H,2,5-6,8,14H2,1H3. The molecule has 1 heterocycles. The maximum Gasteiger partial charge on any atom is 0.332 e. The fourth-order valence-electron chi connectivity index (χ4n) is 1.86. The Kier molecular flexibility index (Phi) is 4.21. The van der Waals surface area contributed by atoms with Crippen molar-refractivity contribution in [3.05, 3.63) is 24.2 Å². The number of furan rings is 1. The van der Waals surface area contributed by atoms with Gasteiger partial charge in [-0.1, -0.05) is 0 Å². The maximum absolute atomic E-state index is 12.2. The second-order valence-corrected chi connectivity index (χ2v) is 4.51. The van der Waals surface area contributed by atoms with Crippen molar-refractivity contribution >= 4 is 11.9 Å². The first-order valence-electron chi connectivity index (χ1n) is 6.38. The van der Waals surface area contributed by atoms with Crippen LogP contribution < -0.4 is 5.73 Å². The molecule has 6 nitrogen and oxygen atoms in total. The van der Waals surface area contributed by atoms with Crippen molar-refractivity contribution in [2.75, 3.05) is 6.61 Å². The number of amides is 1. The summed E-state index contributed by atoms with van der Waals surface area (Å²) in [5.74, 6) is -0.411. The van der Waals surface area contributed by atoms with Gasteiger partial charge in [0.15, 0.2) is 6.04 Å². The zero-order chi connectivity index (χ0) is 13.8. The van der Waals surface area contributed by atoms with Gasteiger partial charge in [-0.15, -0.1) is 0 Å². The van der Waals surface area contributed by atoms with E-state index in [0.29, 0.717) is 12.3 Å². The number of ether oxygens (including phenoxy) is 1. The number of nitrogens with two attached hydrogens (primary N) is 1. The van der Waals surface area contributed by atoms with Crippen molar-refractivity contribution < 1.29 is 18.7 Å². The maximum atomic E-state index is 12.2. The molecule has 0 saturated heterocycles. The molecule has 1 unspecified atom stereocenters. The Balaban J connectivity index is 2.02. The minimum Gasteiger partial charge on any atom is -0.467 e. The Hall–Kier alpha value is -1.82. The van der Waals surface area contributed by atoms with Gasteiger partial charge in [0, 0.05) is 6.04 Å². The van der Waals surface area contributed by atoms with Crippen LogP contribution in [0.15, 0.2) is 22.8 Å². The second kappa shape index (κ2) is 5.88. The summed E-state index contributed by atoms with van der Waals surface area (Å²) in [4.78, 5) is 25.3. The first kappa shape index (κ1) is 13.6. The van der Waals surface area contributed by atoms with E-state index in [0.717, 1.165) is 12.8 Å². The van der Waals surface area contributed by atoms with E-state index in [9.17, 15) is 9.59 Å². The third-order valence-corrected chi connectivity index (χ3v) is 2.98. The first-order valence-corrected chi connectivity index (χ1v) is 6.38. The summed E-state index contributed by atoms with van der Waals surface area (Å²) in [5, 5.41) is 0. The van der Waals surface area contributed by atoms with Gasteiger partial charge < -0.3 is 19.8 Å². The molecule has 1 amide bonds. The molecule has 0 radical (unpaired) electrons. The van der Waals surface area contributed by atoms with E-state index in [2.05, 4.69) is 0 Å². The highest BCUT2D eigenvalue weighted by Gasteiger charge is 2.37. The molecule has 1 fully saturated rings. The highest BCUT2D eigenvalue weighted by Crippen LogP contribution is 2.29. The van der Waals surface area contributed by atoms with Gasteiger partial charge in [-0.3, -0.25) is 4.79 Å². The second-order valence-electron chi connectivity index (χ2n) is 4.51. The lowest BCUT2D eigenvalue weighted by Gasteiger charge is -2.23. The number of hydrogen-bond donors (Lipinski definition) is 1. The summed E-state index contributed by atoms with van der Waals surface area (Å²) < 4.78 is 10.0. The lowest BCUT2D eigenvalue weighted by molar-refractivity contribution is -0.151. The monoisotopic (exact) mass is 266 g/mol. The number of carbonyl (C=O) groups excluding carboxylic acids is 2. The highest BCUT2D eigenvalue weighted by molar-refractivity contribution is 6.01. The lowest BCUT2D eigenvalue weighted by atomic mass is 10.2. The number of esters is 1. The smallest absolute Gasteiger partial charge is 0.332 e. The predicted molar refractivity (Wildman–Crippen MR) is 66.9 cm³/mol. The zero-order valence-electron chi connectivity index (χ0n) is 10.9. The molecule has 19 heavy (non-hydrogen) atoms. The van der Waals surface area contributed by atoms with Crippen molar-refractivity contribution in [2.24, 2.45) is 5.73 Å². The topological polar surface area (TPSA) is 85.8 Å². The quantitative estimate of drug-likeness (QED) is 0.604. The van der Waals surface area contributed by atoms with Gasteiger partial charge in [-0.2, -0.15) is 0 Å². The van der Waals surface area contributed by atoms with Crippen molar-refractivity contribution in [3.63, 3.8) is 0 Å². The molecule has 0 aromatic carbocycles. The Bertz CT molecular complexity index is 440. The molecule has 1 atom stereocenters. The Morgan fingerprint density at radius 1 is 1.58 bits per heavy atom. The first-order chi connectivity index (χ1) is 9.13. The molecule has 1 aliphatic rings. The summed E-state index contributed by atoms with van der Waals surface area (Å²) in [6.45, 7) is 2.22. The van der Waals surface area contributed by atoms with Crippen LogP contribution in [0.4, 0.5) is 0 Å². The highest BCUT2D eigenvalue weighted by atomic mass is 16.5. The van der Waals surface area contributed by atoms with E-state index in [1.165, 1.54) is 0 Å². The van der Waals surface area contributed by atoms with Crippen LogP contribution in [0, 0.1) is 0 Å². The Labute approximate surface area is 111 Å². The molecule has 0 aliphatic heterocycles. The molecule has 0 bridgehead atoms. The van der Waals surface area contributed by atoms with Crippen LogP contribution in [0.1, 0.15) is 25.5 Å². The van der Waals surface area contributed by atoms with Crippen LogP contribution in [-0.2, 0) is 20.9 Å². The molecule has 1 saturated carbocycles. The Morgan fingerprint density at radius 2 is 2.32 bits per heavy atom.